The highest BCUT2D eigenvalue weighted by atomic mass is 35.5. The van der Waals surface area contributed by atoms with E-state index in [1.54, 1.807) is 13.1 Å². The predicted octanol–water partition coefficient (Wildman–Crippen LogP) is 5.75. The van der Waals surface area contributed by atoms with Gasteiger partial charge in [0.1, 0.15) is 5.15 Å². The molecule has 0 fully saturated rings. The van der Waals surface area contributed by atoms with Crippen LogP contribution in [0.3, 0.4) is 0 Å². The Bertz CT molecular complexity index is 1200. The monoisotopic (exact) mass is 456 g/mol. The number of ether oxygens (including phenoxy) is 1. The molecule has 8 heteroatoms. The second kappa shape index (κ2) is 9.16. The summed E-state index contributed by atoms with van der Waals surface area (Å²) in [5.41, 5.74) is 8.48. The van der Waals surface area contributed by atoms with Gasteiger partial charge < -0.3 is 10.5 Å². The summed E-state index contributed by atoms with van der Waals surface area (Å²) in [5.74, 6) is -0.0753. The molecule has 0 aliphatic heterocycles. The second-order valence-electron chi connectivity index (χ2n) is 7.71. The quantitative estimate of drug-likeness (QED) is 0.204. The lowest BCUT2D eigenvalue weighted by Crippen LogP contribution is -2.22. The zero-order valence-electron chi connectivity index (χ0n) is 18.0. The van der Waals surface area contributed by atoms with E-state index in [4.69, 9.17) is 32.5 Å². The van der Waals surface area contributed by atoms with Crippen LogP contribution < -0.4 is 5.73 Å². The Hall–Kier alpha value is -2.77. The number of hydrogen-bond donors (Lipinski definition) is 2. The highest BCUT2D eigenvalue weighted by Gasteiger charge is 2.28. The Morgan fingerprint density at radius 3 is 2.61 bits per heavy atom. The van der Waals surface area contributed by atoms with Crippen LogP contribution in [0.15, 0.2) is 30.7 Å². The van der Waals surface area contributed by atoms with Crippen LogP contribution in [0.1, 0.15) is 55.0 Å². The molecule has 3 N–H and O–H groups in total. The number of amides is 1. The van der Waals surface area contributed by atoms with Crippen molar-refractivity contribution in [2.24, 2.45) is 11.7 Å². The third kappa shape index (κ3) is 4.62. The Labute approximate surface area is 190 Å². The van der Waals surface area contributed by atoms with E-state index >= 15 is 0 Å². The van der Waals surface area contributed by atoms with Gasteiger partial charge in [-0.15, -0.1) is 11.3 Å². The minimum absolute atomic E-state index is 0.118. The second-order valence-corrected chi connectivity index (χ2v) is 9.12. The number of primary amides is 1. The van der Waals surface area contributed by atoms with Gasteiger partial charge in [-0.3, -0.25) is 15.2 Å². The summed E-state index contributed by atoms with van der Waals surface area (Å²) in [5, 5.41) is 9.89. The molecule has 3 heterocycles. The molecule has 0 aliphatic rings. The zero-order valence-corrected chi connectivity index (χ0v) is 19.6. The van der Waals surface area contributed by atoms with Crippen LogP contribution in [0.4, 0.5) is 0 Å². The average Bonchev–Trinajstić information content (AvgIpc) is 3.11. The smallest absolute Gasteiger partial charge is 0.251 e. The number of aromatic nitrogens is 2. The van der Waals surface area contributed by atoms with Gasteiger partial charge in [0.15, 0.2) is 0 Å². The molecule has 3 rings (SSSR count). The molecule has 1 amide bonds. The fourth-order valence-corrected chi connectivity index (χ4v) is 4.89. The first-order valence-electron chi connectivity index (χ1n) is 9.96. The first-order chi connectivity index (χ1) is 14.6. The van der Waals surface area contributed by atoms with Crippen LogP contribution >= 0.6 is 22.9 Å². The van der Waals surface area contributed by atoms with Gasteiger partial charge in [0, 0.05) is 16.6 Å². The molecule has 0 atom stereocenters. The highest BCUT2D eigenvalue weighted by Crippen LogP contribution is 2.41. The van der Waals surface area contributed by atoms with Crippen molar-refractivity contribution in [1.82, 2.24) is 9.97 Å². The van der Waals surface area contributed by atoms with Crippen LogP contribution in [-0.2, 0) is 17.6 Å². The Balaban J connectivity index is 2.45. The van der Waals surface area contributed by atoms with E-state index in [-0.39, 0.29) is 11.8 Å². The minimum Gasteiger partial charge on any atom is -0.444 e. The number of allylic oxidation sites excluding steroid dienone is 1. The Morgan fingerprint density at radius 2 is 2.06 bits per heavy atom. The summed E-state index contributed by atoms with van der Waals surface area (Å²) in [6, 6.07) is 3.79. The number of rotatable bonds is 7. The lowest BCUT2D eigenvalue weighted by molar-refractivity contribution is 0.0999. The SMILES string of the molecule is C=C(C)OC(=N)c1c(CC)nc(CC(C)C)c(C(N)=O)c1-c1cc2ccnc(Cl)c2s1. The highest BCUT2D eigenvalue weighted by molar-refractivity contribution is 7.22. The molecule has 3 aromatic heterocycles. The molecular weight excluding hydrogens is 432 g/mol. The van der Waals surface area contributed by atoms with Crippen LogP contribution in [0, 0.1) is 11.3 Å². The van der Waals surface area contributed by atoms with Crippen LogP contribution in [-0.4, -0.2) is 21.8 Å². The summed E-state index contributed by atoms with van der Waals surface area (Å²) >= 11 is 7.71. The van der Waals surface area contributed by atoms with Gasteiger partial charge in [0.2, 0.25) is 5.90 Å². The van der Waals surface area contributed by atoms with Gasteiger partial charge in [-0.2, -0.15) is 0 Å². The fraction of sp³-hybridized carbons (Fsp3) is 0.304. The molecule has 31 heavy (non-hydrogen) atoms. The molecule has 0 aliphatic carbocycles. The van der Waals surface area contributed by atoms with Crippen LogP contribution in [0.2, 0.25) is 5.15 Å². The summed E-state index contributed by atoms with van der Waals surface area (Å²) in [7, 11) is 0. The van der Waals surface area contributed by atoms with Gasteiger partial charge in [-0.25, -0.2) is 4.98 Å². The van der Waals surface area contributed by atoms with Gasteiger partial charge in [0.05, 0.1) is 33.0 Å². The molecule has 0 saturated heterocycles. The number of nitrogens with two attached hydrogens (primary N) is 1. The Morgan fingerprint density at radius 1 is 1.35 bits per heavy atom. The molecule has 6 nitrogen and oxygen atoms in total. The number of carbonyl (C=O) groups is 1. The number of thiophene rings is 1. The maximum absolute atomic E-state index is 12.7. The summed E-state index contributed by atoms with van der Waals surface area (Å²) in [6.07, 6.45) is 2.78. The van der Waals surface area contributed by atoms with E-state index in [0.29, 0.717) is 51.8 Å². The first-order valence-corrected chi connectivity index (χ1v) is 11.2. The maximum Gasteiger partial charge on any atom is 0.251 e. The molecule has 0 spiro atoms. The fourth-order valence-electron chi connectivity index (χ4n) is 3.52. The molecule has 0 bridgehead atoms. The summed E-state index contributed by atoms with van der Waals surface area (Å²) < 4.78 is 6.36. The molecule has 0 aromatic carbocycles. The third-order valence-electron chi connectivity index (χ3n) is 4.67. The molecule has 0 saturated carbocycles. The van der Waals surface area contributed by atoms with Crippen molar-refractivity contribution in [3.63, 3.8) is 0 Å². The van der Waals surface area contributed by atoms with E-state index in [2.05, 4.69) is 25.4 Å². The lowest BCUT2D eigenvalue weighted by atomic mass is 9.92. The van der Waals surface area contributed by atoms with Crippen LogP contribution in [0.25, 0.3) is 20.5 Å². The van der Waals surface area contributed by atoms with Crippen LogP contribution in [0.5, 0.6) is 0 Å². The van der Waals surface area contributed by atoms with Gasteiger partial charge in [-0.05, 0) is 43.2 Å². The van der Waals surface area contributed by atoms with E-state index in [1.165, 1.54) is 11.3 Å². The minimum atomic E-state index is -0.591. The van der Waals surface area contributed by atoms with Gasteiger partial charge in [-0.1, -0.05) is 39.0 Å². The van der Waals surface area contributed by atoms with Crippen molar-refractivity contribution in [2.75, 3.05) is 0 Å². The lowest BCUT2D eigenvalue weighted by Gasteiger charge is -2.20. The number of nitrogens with one attached hydrogen (secondary N) is 1. The normalized spacial score (nSPS) is 11.2. The number of aryl methyl sites for hydroxylation is 1. The van der Waals surface area contributed by atoms with Crippen molar-refractivity contribution in [2.45, 2.75) is 40.5 Å². The van der Waals surface area contributed by atoms with E-state index < -0.39 is 5.91 Å². The molecule has 0 unspecified atom stereocenters. The largest absolute Gasteiger partial charge is 0.444 e. The molecular formula is C23H25ClN4O2S. The first kappa shape index (κ1) is 22.9. The van der Waals surface area contributed by atoms with Crippen molar-refractivity contribution < 1.29 is 9.53 Å². The Kier molecular flexibility index (Phi) is 6.77. The van der Waals surface area contributed by atoms with Crippen molar-refractivity contribution in [1.29, 1.82) is 5.41 Å². The number of carbonyl (C=O) groups excluding carboxylic acids is 1. The zero-order chi connectivity index (χ0) is 22.9. The van der Waals surface area contributed by atoms with E-state index in [9.17, 15) is 4.79 Å². The predicted molar refractivity (Wildman–Crippen MR) is 127 cm³/mol. The van der Waals surface area contributed by atoms with Gasteiger partial charge >= 0.3 is 0 Å². The third-order valence-corrected chi connectivity index (χ3v) is 6.24. The van der Waals surface area contributed by atoms with Crippen molar-refractivity contribution in [3.05, 3.63) is 58.3 Å². The average molecular weight is 457 g/mol. The molecule has 162 valence electrons. The number of hydrogen-bond acceptors (Lipinski definition) is 6. The topological polar surface area (TPSA) is 102 Å². The van der Waals surface area contributed by atoms with Gasteiger partial charge in [0.25, 0.3) is 5.91 Å². The van der Waals surface area contributed by atoms with Crippen molar-refractivity contribution >= 4 is 44.8 Å². The van der Waals surface area contributed by atoms with E-state index in [0.717, 1.165) is 15.0 Å². The van der Waals surface area contributed by atoms with E-state index in [1.807, 2.05) is 19.1 Å². The standard InChI is InChI=1S/C23H25ClN4O2S/c1-6-14-18(23(26)30-12(4)5)19(17(22(25)29)15(28-14)9-11(2)3)16-10-13-7-8-27-21(24)20(13)31-16/h7-8,10-11,26H,4,6,9H2,1-3,5H3,(H2,25,29). The number of pyridine rings is 2. The number of fused-ring (bicyclic) bond motifs is 1. The maximum atomic E-state index is 12.7. The number of nitrogens with zero attached hydrogens (tertiary/aromatic N) is 2. The summed E-state index contributed by atoms with van der Waals surface area (Å²) in [4.78, 5) is 22.4. The summed E-state index contributed by atoms with van der Waals surface area (Å²) in [6.45, 7) is 11.5. The number of halogens is 1. The van der Waals surface area contributed by atoms with Crippen molar-refractivity contribution in [3.8, 4) is 10.4 Å². The molecule has 3 aromatic rings. The molecule has 0 radical (unpaired) electrons.